The standard InChI is InChI=1S/C18H28N4O3/c1-2-3-18(24)21-12-15-4-7-20-22(15)16(13-21)10-17(23)19-11-14-5-8-25-9-6-14/h4,7,14,16H,2-3,5-6,8-13H2,1H3,(H,19,23)/t16-/m1/s1. The smallest absolute Gasteiger partial charge is 0.222 e. The summed E-state index contributed by atoms with van der Waals surface area (Å²) < 4.78 is 7.26. The monoisotopic (exact) mass is 348 g/mol. The zero-order valence-electron chi connectivity index (χ0n) is 14.9. The molecule has 1 saturated heterocycles. The van der Waals surface area contributed by atoms with Crippen LogP contribution >= 0.6 is 0 Å². The largest absolute Gasteiger partial charge is 0.381 e. The summed E-state index contributed by atoms with van der Waals surface area (Å²) in [5.74, 6) is 0.692. The van der Waals surface area contributed by atoms with Crippen LogP contribution in [0.3, 0.4) is 0 Å². The zero-order valence-corrected chi connectivity index (χ0v) is 14.9. The van der Waals surface area contributed by atoms with Gasteiger partial charge in [-0.15, -0.1) is 0 Å². The van der Waals surface area contributed by atoms with Crippen LogP contribution in [0.5, 0.6) is 0 Å². The van der Waals surface area contributed by atoms with E-state index in [1.54, 1.807) is 6.20 Å². The van der Waals surface area contributed by atoms with Crippen LogP contribution < -0.4 is 5.32 Å². The highest BCUT2D eigenvalue weighted by atomic mass is 16.5. The molecule has 25 heavy (non-hydrogen) atoms. The van der Waals surface area contributed by atoms with Crippen molar-refractivity contribution in [3.8, 4) is 0 Å². The van der Waals surface area contributed by atoms with Crippen molar-refractivity contribution in [1.29, 1.82) is 0 Å². The van der Waals surface area contributed by atoms with E-state index in [4.69, 9.17) is 4.74 Å². The number of amides is 2. The Kier molecular flexibility index (Phi) is 6.07. The van der Waals surface area contributed by atoms with Crippen molar-refractivity contribution in [2.75, 3.05) is 26.3 Å². The molecule has 0 bridgehead atoms. The van der Waals surface area contributed by atoms with E-state index in [-0.39, 0.29) is 17.9 Å². The Hall–Kier alpha value is -1.89. The van der Waals surface area contributed by atoms with Crippen molar-refractivity contribution in [3.05, 3.63) is 18.0 Å². The summed E-state index contributed by atoms with van der Waals surface area (Å²) in [6, 6.07) is 1.84. The predicted molar refractivity (Wildman–Crippen MR) is 92.8 cm³/mol. The molecule has 1 aromatic heterocycles. The highest BCUT2D eigenvalue weighted by Crippen LogP contribution is 2.24. The maximum atomic E-state index is 12.4. The topological polar surface area (TPSA) is 76.5 Å². The van der Waals surface area contributed by atoms with E-state index < -0.39 is 0 Å². The minimum absolute atomic E-state index is 0.0303. The van der Waals surface area contributed by atoms with Gasteiger partial charge in [-0.1, -0.05) is 6.92 Å². The molecule has 0 radical (unpaired) electrons. The van der Waals surface area contributed by atoms with Crippen LogP contribution in [0.25, 0.3) is 0 Å². The van der Waals surface area contributed by atoms with E-state index >= 15 is 0 Å². The third kappa shape index (κ3) is 4.60. The first kappa shape index (κ1) is 17.9. The van der Waals surface area contributed by atoms with Crippen molar-refractivity contribution in [2.24, 2.45) is 5.92 Å². The lowest BCUT2D eigenvalue weighted by Crippen LogP contribution is -2.43. The molecule has 2 aliphatic heterocycles. The average molecular weight is 348 g/mol. The first-order chi connectivity index (χ1) is 12.2. The van der Waals surface area contributed by atoms with Gasteiger partial charge >= 0.3 is 0 Å². The highest BCUT2D eigenvalue weighted by molar-refractivity contribution is 5.78. The average Bonchev–Trinajstić information content (AvgIpc) is 3.10. The fourth-order valence-corrected chi connectivity index (χ4v) is 3.60. The molecule has 7 heteroatoms. The third-order valence-corrected chi connectivity index (χ3v) is 5.05. The summed E-state index contributed by atoms with van der Waals surface area (Å²) in [5.41, 5.74) is 0.998. The second-order valence-corrected chi connectivity index (χ2v) is 7.01. The Morgan fingerprint density at radius 1 is 1.36 bits per heavy atom. The van der Waals surface area contributed by atoms with Crippen molar-refractivity contribution >= 4 is 11.8 Å². The molecule has 2 aliphatic rings. The summed E-state index contributed by atoms with van der Waals surface area (Å²) in [6.07, 6.45) is 5.50. The van der Waals surface area contributed by atoms with Gasteiger partial charge in [0.1, 0.15) is 0 Å². The molecular weight excluding hydrogens is 320 g/mol. The van der Waals surface area contributed by atoms with Gasteiger partial charge in [-0.05, 0) is 31.2 Å². The Morgan fingerprint density at radius 2 is 2.16 bits per heavy atom. The van der Waals surface area contributed by atoms with Crippen LogP contribution in [-0.4, -0.2) is 52.8 Å². The van der Waals surface area contributed by atoms with Gasteiger partial charge in [0.2, 0.25) is 11.8 Å². The Labute approximate surface area is 148 Å². The van der Waals surface area contributed by atoms with Gasteiger partial charge in [0.05, 0.1) is 24.7 Å². The molecular formula is C18H28N4O3. The minimum Gasteiger partial charge on any atom is -0.381 e. The maximum Gasteiger partial charge on any atom is 0.222 e. The number of ether oxygens (including phenoxy) is 1. The van der Waals surface area contributed by atoms with Crippen LogP contribution in [0.15, 0.2) is 12.3 Å². The normalized spacial score (nSPS) is 21.0. The molecule has 1 N–H and O–H groups in total. The van der Waals surface area contributed by atoms with Crippen LogP contribution in [0.2, 0.25) is 0 Å². The number of hydrogen-bond acceptors (Lipinski definition) is 4. The van der Waals surface area contributed by atoms with Crippen LogP contribution in [0.1, 0.15) is 50.8 Å². The number of nitrogens with one attached hydrogen (secondary N) is 1. The third-order valence-electron chi connectivity index (χ3n) is 5.05. The molecule has 1 fully saturated rings. The van der Waals surface area contributed by atoms with Gasteiger partial charge in [0.15, 0.2) is 0 Å². The van der Waals surface area contributed by atoms with Crippen molar-refractivity contribution < 1.29 is 14.3 Å². The predicted octanol–water partition coefficient (Wildman–Crippen LogP) is 1.50. The number of carbonyl (C=O) groups excluding carboxylic acids is 2. The first-order valence-corrected chi connectivity index (χ1v) is 9.32. The lowest BCUT2D eigenvalue weighted by Gasteiger charge is -2.34. The van der Waals surface area contributed by atoms with Gasteiger partial charge in [0.25, 0.3) is 0 Å². The number of rotatable bonds is 6. The molecule has 0 unspecified atom stereocenters. The summed E-state index contributed by atoms with van der Waals surface area (Å²) in [4.78, 5) is 26.5. The highest BCUT2D eigenvalue weighted by Gasteiger charge is 2.29. The van der Waals surface area contributed by atoms with Crippen molar-refractivity contribution in [1.82, 2.24) is 20.0 Å². The lowest BCUT2D eigenvalue weighted by atomic mass is 10.0. The molecule has 0 aliphatic carbocycles. The molecule has 138 valence electrons. The molecule has 0 spiro atoms. The van der Waals surface area contributed by atoms with Gasteiger partial charge in [-0.25, -0.2) is 0 Å². The Morgan fingerprint density at radius 3 is 2.92 bits per heavy atom. The number of carbonyl (C=O) groups is 2. The summed E-state index contributed by atoms with van der Waals surface area (Å²) in [7, 11) is 0. The summed E-state index contributed by atoms with van der Waals surface area (Å²) in [5, 5.41) is 7.42. The molecule has 3 rings (SSSR count). The van der Waals surface area contributed by atoms with Gasteiger partial charge in [0, 0.05) is 38.9 Å². The van der Waals surface area contributed by atoms with E-state index in [1.807, 2.05) is 22.6 Å². The Balaban J connectivity index is 1.56. The van der Waals surface area contributed by atoms with Crippen LogP contribution in [-0.2, 0) is 20.9 Å². The molecule has 1 atom stereocenters. The number of aromatic nitrogens is 2. The number of nitrogens with zero attached hydrogens (tertiary/aromatic N) is 3. The first-order valence-electron chi connectivity index (χ1n) is 9.32. The second-order valence-electron chi connectivity index (χ2n) is 7.01. The summed E-state index contributed by atoms with van der Waals surface area (Å²) >= 11 is 0. The van der Waals surface area contributed by atoms with Gasteiger partial charge in [-0.2, -0.15) is 5.10 Å². The lowest BCUT2D eigenvalue weighted by molar-refractivity contribution is -0.134. The van der Waals surface area contributed by atoms with Gasteiger partial charge in [-0.3, -0.25) is 14.3 Å². The fraction of sp³-hybridized carbons (Fsp3) is 0.722. The van der Waals surface area contributed by atoms with E-state index in [2.05, 4.69) is 10.4 Å². The molecule has 7 nitrogen and oxygen atoms in total. The van der Waals surface area contributed by atoms with E-state index in [1.165, 1.54) is 0 Å². The number of fused-ring (bicyclic) bond motifs is 1. The van der Waals surface area contributed by atoms with Crippen molar-refractivity contribution in [3.63, 3.8) is 0 Å². The molecule has 2 amide bonds. The SMILES string of the molecule is CCCC(=O)N1Cc2ccnn2[C@H](CC(=O)NCC2CCOCC2)C1. The minimum atomic E-state index is -0.0887. The molecule has 0 saturated carbocycles. The number of hydrogen-bond donors (Lipinski definition) is 1. The fourth-order valence-electron chi connectivity index (χ4n) is 3.60. The van der Waals surface area contributed by atoms with E-state index in [0.29, 0.717) is 38.4 Å². The van der Waals surface area contributed by atoms with E-state index in [9.17, 15) is 9.59 Å². The van der Waals surface area contributed by atoms with Gasteiger partial charge < -0.3 is 15.0 Å². The Bertz CT molecular complexity index is 595. The van der Waals surface area contributed by atoms with Crippen LogP contribution in [0, 0.1) is 5.92 Å². The quantitative estimate of drug-likeness (QED) is 0.845. The zero-order chi connectivity index (χ0) is 17.6. The maximum absolute atomic E-state index is 12.4. The molecule has 3 heterocycles. The van der Waals surface area contributed by atoms with Crippen molar-refractivity contribution in [2.45, 2.75) is 51.6 Å². The van der Waals surface area contributed by atoms with Crippen LogP contribution in [0.4, 0.5) is 0 Å². The summed E-state index contributed by atoms with van der Waals surface area (Å²) in [6.45, 7) is 5.42. The molecule has 0 aromatic carbocycles. The second kappa shape index (κ2) is 8.47. The van der Waals surface area contributed by atoms with E-state index in [0.717, 1.165) is 38.2 Å². The molecule has 1 aromatic rings.